The first kappa shape index (κ1) is 20.5. The van der Waals surface area contributed by atoms with Crippen molar-refractivity contribution in [3.8, 4) is 10.4 Å². The number of hydrazine groups is 1. The third-order valence-electron chi connectivity index (χ3n) is 4.22. The molecule has 0 aliphatic carbocycles. The van der Waals surface area contributed by atoms with Gasteiger partial charge in [0.15, 0.2) is 0 Å². The summed E-state index contributed by atoms with van der Waals surface area (Å²) in [6.45, 7) is 3.86. The van der Waals surface area contributed by atoms with Crippen molar-refractivity contribution < 1.29 is 13.9 Å². The number of nitrogens with two attached hydrogens (primary N) is 1. The van der Waals surface area contributed by atoms with E-state index < -0.39 is 7.37 Å². The van der Waals surface area contributed by atoms with Gasteiger partial charge in [-0.05, 0) is 53.8 Å². The van der Waals surface area contributed by atoms with Crippen LogP contribution in [-0.4, -0.2) is 19.2 Å². The predicted octanol–water partition coefficient (Wildman–Crippen LogP) is 5.38. The monoisotopic (exact) mass is 414 g/mol. The molecule has 0 saturated heterocycles. The van der Waals surface area contributed by atoms with E-state index in [1.807, 2.05) is 42.6 Å². The minimum absolute atomic E-state index is 0.306. The molecule has 5 nitrogen and oxygen atoms in total. The van der Waals surface area contributed by atoms with Crippen LogP contribution in [0.25, 0.3) is 10.4 Å². The second-order valence-electron chi connectivity index (χ2n) is 6.49. The minimum atomic E-state index is -2.67. The highest BCUT2D eigenvalue weighted by Crippen LogP contribution is 2.46. The Bertz CT molecular complexity index is 987. The van der Waals surface area contributed by atoms with Gasteiger partial charge in [-0.1, -0.05) is 30.3 Å². The number of carbonyl (C=O) groups is 1. The van der Waals surface area contributed by atoms with Crippen molar-refractivity contribution in [3.05, 3.63) is 77.2 Å². The van der Waals surface area contributed by atoms with E-state index in [0.717, 1.165) is 21.0 Å². The Hall–Kier alpha value is -2.24. The van der Waals surface area contributed by atoms with Crippen LogP contribution < -0.4 is 10.9 Å². The number of amides is 1. The zero-order valence-corrected chi connectivity index (χ0v) is 17.6. The Morgan fingerprint density at radius 1 is 1.14 bits per heavy atom. The average Bonchev–Trinajstić information content (AvgIpc) is 3.22. The summed E-state index contributed by atoms with van der Waals surface area (Å²) < 4.78 is 17.6. The lowest BCUT2D eigenvalue weighted by Gasteiger charge is -2.18. The number of thiophene rings is 1. The summed E-state index contributed by atoms with van der Waals surface area (Å²) in [6, 6.07) is 18.6. The van der Waals surface area contributed by atoms with Crippen molar-refractivity contribution in [2.45, 2.75) is 13.1 Å². The highest BCUT2D eigenvalue weighted by atomic mass is 32.1. The van der Waals surface area contributed by atoms with E-state index >= 15 is 0 Å². The topological polar surface area (TPSA) is 72.6 Å². The molecule has 0 spiro atoms. The highest BCUT2D eigenvalue weighted by Gasteiger charge is 2.18. The second-order valence-corrected chi connectivity index (χ2v) is 10.0. The van der Waals surface area contributed by atoms with Gasteiger partial charge in [0.25, 0.3) is 5.91 Å². The first-order chi connectivity index (χ1) is 13.4. The van der Waals surface area contributed by atoms with Crippen molar-refractivity contribution in [1.29, 1.82) is 0 Å². The van der Waals surface area contributed by atoms with Crippen LogP contribution in [0.3, 0.4) is 0 Å². The van der Waals surface area contributed by atoms with Crippen LogP contribution >= 0.6 is 18.7 Å². The smallest absolute Gasteiger partial charge is 0.272 e. The van der Waals surface area contributed by atoms with Crippen molar-refractivity contribution in [2.75, 3.05) is 18.3 Å². The van der Waals surface area contributed by atoms with E-state index in [9.17, 15) is 9.36 Å². The molecule has 3 rings (SSSR count). The van der Waals surface area contributed by atoms with Crippen LogP contribution in [0, 0.1) is 0 Å². The average molecular weight is 414 g/mol. The van der Waals surface area contributed by atoms with Gasteiger partial charge in [0, 0.05) is 23.3 Å². The fraction of sp³-hybridized carbons (Fsp3) is 0.190. The first-order valence-electron chi connectivity index (χ1n) is 8.93. The van der Waals surface area contributed by atoms with Gasteiger partial charge in [0.1, 0.15) is 0 Å². The van der Waals surface area contributed by atoms with E-state index in [4.69, 9.17) is 10.4 Å². The SMILES string of the molecule is CCOP(C)(=O)Cc1ccc(C(=O)N(N)c2cccc(-c3cccs3)c2)cc1. The van der Waals surface area contributed by atoms with Gasteiger partial charge in [-0.3, -0.25) is 9.36 Å². The summed E-state index contributed by atoms with van der Waals surface area (Å²) in [5, 5.41) is 3.16. The lowest BCUT2D eigenvalue weighted by Crippen LogP contribution is -2.37. The summed E-state index contributed by atoms with van der Waals surface area (Å²) in [6.07, 6.45) is 0.338. The molecule has 28 heavy (non-hydrogen) atoms. The summed E-state index contributed by atoms with van der Waals surface area (Å²) in [5.41, 5.74) is 2.96. The van der Waals surface area contributed by atoms with Crippen LogP contribution in [0.2, 0.25) is 0 Å². The fourth-order valence-corrected chi connectivity index (χ4v) is 5.15. The molecule has 0 radical (unpaired) electrons. The van der Waals surface area contributed by atoms with Crippen LogP contribution in [0.1, 0.15) is 22.8 Å². The number of hydrogen-bond donors (Lipinski definition) is 1. The lowest BCUT2D eigenvalue weighted by atomic mass is 10.1. The van der Waals surface area contributed by atoms with Crippen molar-refractivity contribution >= 4 is 30.3 Å². The molecule has 0 saturated carbocycles. The van der Waals surface area contributed by atoms with Crippen molar-refractivity contribution in [1.82, 2.24) is 0 Å². The Labute approximate surface area is 169 Å². The summed E-state index contributed by atoms with van der Waals surface area (Å²) in [5.74, 6) is 5.79. The maximum atomic E-state index is 12.8. The van der Waals surface area contributed by atoms with Crippen LogP contribution in [0.5, 0.6) is 0 Å². The number of anilines is 1. The molecular formula is C21H23N2O3PS. The zero-order chi connectivity index (χ0) is 20.1. The molecule has 1 aromatic heterocycles. The molecule has 3 aromatic rings. The Morgan fingerprint density at radius 2 is 1.89 bits per heavy atom. The lowest BCUT2D eigenvalue weighted by molar-refractivity contribution is 0.0987. The van der Waals surface area contributed by atoms with Gasteiger partial charge < -0.3 is 4.52 Å². The van der Waals surface area contributed by atoms with E-state index in [0.29, 0.717) is 24.0 Å². The van der Waals surface area contributed by atoms with Crippen LogP contribution in [0.4, 0.5) is 5.69 Å². The molecule has 146 valence electrons. The number of rotatable bonds is 7. The zero-order valence-electron chi connectivity index (χ0n) is 15.9. The molecule has 2 aromatic carbocycles. The molecule has 7 heteroatoms. The molecular weight excluding hydrogens is 391 g/mol. The van der Waals surface area contributed by atoms with Crippen molar-refractivity contribution in [2.24, 2.45) is 5.84 Å². The maximum Gasteiger partial charge on any atom is 0.272 e. The van der Waals surface area contributed by atoms with Crippen LogP contribution in [-0.2, 0) is 15.3 Å². The summed E-state index contributed by atoms with van der Waals surface area (Å²) in [7, 11) is -2.67. The standard InChI is InChI=1S/C21H23N2O3PS/c1-3-26-27(2,25)15-16-9-11-17(12-10-16)21(24)23(22)19-7-4-6-18(14-19)20-8-5-13-28-20/h4-14H,3,15,22H2,1-2H3. The molecule has 1 heterocycles. The quantitative estimate of drug-likeness (QED) is 0.244. The first-order valence-corrected chi connectivity index (χ1v) is 12.1. The van der Waals surface area contributed by atoms with Gasteiger partial charge >= 0.3 is 0 Å². The van der Waals surface area contributed by atoms with Gasteiger partial charge in [-0.15, -0.1) is 11.3 Å². The third-order valence-corrected chi connectivity index (χ3v) is 6.88. The number of hydrogen-bond acceptors (Lipinski definition) is 5. The van der Waals surface area contributed by atoms with Gasteiger partial charge in [0.2, 0.25) is 7.37 Å². The third kappa shape index (κ3) is 4.97. The minimum Gasteiger partial charge on any atom is -0.329 e. The second kappa shape index (κ2) is 8.84. The van der Waals surface area contributed by atoms with E-state index in [-0.39, 0.29) is 5.91 Å². The Kier molecular flexibility index (Phi) is 6.47. The highest BCUT2D eigenvalue weighted by molar-refractivity contribution is 7.57. The Balaban J connectivity index is 1.75. The van der Waals surface area contributed by atoms with E-state index in [1.165, 1.54) is 0 Å². The maximum absolute atomic E-state index is 12.8. The normalized spacial score (nSPS) is 13.1. The summed E-state index contributed by atoms with van der Waals surface area (Å²) >= 11 is 1.63. The molecule has 2 N–H and O–H groups in total. The predicted molar refractivity (Wildman–Crippen MR) is 116 cm³/mol. The molecule has 1 unspecified atom stereocenters. The number of carbonyl (C=O) groups excluding carboxylic acids is 1. The van der Waals surface area contributed by atoms with Gasteiger partial charge in [-0.2, -0.15) is 0 Å². The molecule has 0 fully saturated rings. The number of benzene rings is 2. The molecule has 0 aliphatic rings. The molecule has 1 atom stereocenters. The van der Waals surface area contributed by atoms with E-state index in [1.54, 1.807) is 48.3 Å². The largest absolute Gasteiger partial charge is 0.329 e. The molecule has 1 amide bonds. The summed E-state index contributed by atoms with van der Waals surface area (Å²) in [4.78, 5) is 13.9. The van der Waals surface area contributed by atoms with Crippen molar-refractivity contribution in [3.63, 3.8) is 0 Å². The Morgan fingerprint density at radius 3 is 2.54 bits per heavy atom. The number of nitrogens with zero attached hydrogens (tertiary/aromatic N) is 1. The van der Waals surface area contributed by atoms with Crippen LogP contribution in [0.15, 0.2) is 66.0 Å². The van der Waals surface area contributed by atoms with E-state index in [2.05, 4.69) is 0 Å². The van der Waals surface area contributed by atoms with Gasteiger partial charge in [-0.25, -0.2) is 10.9 Å². The van der Waals surface area contributed by atoms with Gasteiger partial charge in [0.05, 0.1) is 12.3 Å². The molecule has 0 bridgehead atoms. The molecule has 0 aliphatic heterocycles. The fourth-order valence-electron chi connectivity index (χ4n) is 2.91.